The Bertz CT molecular complexity index is 537. The highest BCUT2D eigenvalue weighted by Crippen LogP contribution is 2.30. The van der Waals surface area contributed by atoms with Crippen molar-refractivity contribution in [3.63, 3.8) is 0 Å². The van der Waals surface area contributed by atoms with Crippen molar-refractivity contribution in [3.05, 3.63) is 40.6 Å². The first kappa shape index (κ1) is 14.7. The van der Waals surface area contributed by atoms with E-state index in [9.17, 15) is 0 Å². The summed E-state index contributed by atoms with van der Waals surface area (Å²) >= 11 is 1.78. The second-order valence-corrected chi connectivity index (χ2v) is 6.25. The van der Waals surface area contributed by atoms with Crippen LogP contribution < -0.4 is 15.8 Å². The van der Waals surface area contributed by atoms with Crippen LogP contribution in [0.5, 0.6) is 5.75 Å². The summed E-state index contributed by atoms with van der Waals surface area (Å²) in [6.45, 7) is 6.16. The van der Waals surface area contributed by atoms with Gasteiger partial charge in [-0.25, -0.2) is 0 Å². The first-order chi connectivity index (χ1) is 9.56. The monoisotopic (exact) mass is 290 g/mol. The van der Waals surface area contributed by atoms with E-state index in [-0.39, 0.29) is 6.10 Å². The van der Waals surface area contributed by atoms with Crippen LogP contribution in [0.2, 0.25) is 0 Å². The number of nitrogen functional groups attached to an aromatic ring is 1. The summed E-state index contributed by atoms with van der Waals surface area (Å²) in [5.41, 5.74) is 7.79. The Balaban J connectivity index is 2.05. The van der Waals surface area contributed by atoms with E-state index in [1.54, 1.807) is 11.3 Å². The summed E-state index contributed by atoms with van der Waals surface area (Å²) in [6.07, 6.45) is 1.11. The number of thiophene rings is 1. The summed E-state index contributed by atoms with van der Waals surface area (Å²) in [5.74, 6) is 0.744. The van der Waals surface area contributed by atoms with Gasteiger partial charge in [0.05, 0.1) is 17.5 Å². The van der Waals surface area contributed by atoms with Crippen LogP contribution in [0.3, 0.4) is 0 Å². The van der Waals surface area contributed by atoms with Gasteiger partial charge in [-0.15, -0.1) is 11.3 Å². The van der Waals surface area contributed by atoms with Crippen molar-refractivity contribution in [2.75, 3.05) is 11.1 Å². The summed E-state index contributed by atoms with van der Waals surface area (Å²) in [4.78, 5) is 1.37. The van der Waals surface area contributed by atoms with Crippen molar-refractivity contribution in [1.29, 1.82) is 0 Å². The molecule has 1 unspecified atom stereocenters. The maximum atomic E-state index is 6.17. The molecule has 0 spiro atoms. The van der Waals surface area contributed by atoms with Gasteiger partial charge in [0.15, 0.2) is 0 Å². The van der Waals surface area contributed by atoms with Gasteiger partial charge in [-0.3, -0.25) is 0 Å². The van der Waals surface area contributed by atoms with E-state index in [0.717, 1.165) is 17.9 Å². The van der Waals surface area contributed by atoms with Crippen molar-refractivity contribution in [1.82, 2.24) is 0 Å². The van der Waals surface area contributed by atoms with E-state index in [2.05, 4.69) is 29.8 Å². The minimum atomic E-state index is 0.121. The van der Waals surface area contributed by atoms with Crippen LogP contribution in [0.4, 0.5) is 11.4 Å². The maximum Gasteiger partial charge on any atom is 0.144 e. The maximum absolute atomic E-state index is 6.17. The number of rotatable bonds is 6. The van der Waals surface area contributed by atoms with Gasteiger partial charge in [-0.05, 0) is 44.4 Å². The molecule has 0 aliphatic rings. The molecule has 108 valence electrons. The summed E-state index contributed by atoms with van der Waals surface area (Å²) in [7, 11) is 0. The molecule has 20 heavy (non-hydrogen) atoms. The van der Waals surface area contributed by atoms with Crippen LogP contribution in [-0.4, -0.2) is 12.1 Å². The predicted octanol–water partition coefficient (Wildman–Crippen LogP) is 4.16. The molecule has 1 heterocycles. The quantitative estimate of drug-likeness (QED) is 0.785. The molecule has 0 radical (unpaired) electrons. The van der Waals surface area contributed by atoms with Crippen LogP contribution >= 0.6 is 11.3 Å². The highest BCUT2D eigenvalue weighted by atomic mass is 32.1. The lowest BCUT2D eigenvalue weighted by atomic mass is 10.1. The summed E-state index contributed by atoms with van der Waals surface area (Å²) in [5, 5.41) is 5.57. The number of para-hydroxylation sites is 1. The third kappa shape index (κ3) is 3.90. The largest absolute Gasteiger partial charge is 0.489 e. The fraction of sp³-hybridized carbons (Fsp3) is 0.375. The van der Waals surface area contributed by atoms with E-state index < -0.39 is 0 Å². The average Bonchev–Trinajstić information content (AvgIpc) is 2.86. The fourth-order valence-electron chi connectivity index (χ4n) is 2.07. The third-order valence-corrected chi connectivity index (χ3v) is 3.82. The first-order valence-electron chi connectivity index (χ1n) is 6.90. The van der Waals surface area contributed by atoms with Crippen molar-refractivity contribution in [3.8, 4) is 5.75 Å². The summed E-state index contributed by atoms with van der Waals surface area (Å²) < 4.78 is 5.71. The molecule has 0 aliphatic heterocycles. The second kappa shape index (κ2) is 6.66. The molecule has 2 aromatic rings. The number of hydrogen-bond donors (Lipinski definition) is 2. The molecule has 0 fully saturated rings. The van der Waals surface area contributed by atoms with E-state index in [1.807, 2.05) is 32.0 Å². The Labute approximate surface area is 124 Å². The average molecular weight is 290 g/mol. The minimum Gasteiger partial charge on any atom is -0.489 e. The Morgan fingerprint density at radius 1 is 1.20 bits per heavy atom. The van der Waals surface area contributed by atoms with Crippen LogP contribution in [0, 0.1) is 0 Å². The summed E-state index contributed by atoms with van der Waals surface area (Å²) in [6, 6.07) is 10.4. The van der Waals surface area contributed by atoms with Gasteiger partial charge in [0.2, 0.25) is 0 Å². The smallest absolute Gasteiger partial charge is 0.144 e. The second-order valence-electron chi connectivity index (χ2n) is 5.21. The zero-order chi connectivity index (χ0) is 14.5. The molecule has 1 atom stereocenters. The number of hydrogen-bond acceptors (Lipinski definition) is 4. The first-order valence-corrected chi connectivity index (χ1v) is 7.78. The molecule has 2 rings (SSSR count). The highest BCUT2D eigenvalue weighted by Gasteiger charge is 2.10. The van der Waals surface area contributed by atoms with Gasteiger partial charge in [0.1, 0.15) is 5.75 Å². The van der Waals surface area contributed by atoms with Gasteiger partial charge in [-0.1, -0.05) is 12.1 Å². The van der Waals surface area contributed by atoms with E-state index in [0.29, 0.717) is 11.7 Å². The van der Waals surface area contributed by atoms with Crippen molar-refractivity contribution < 1.29 is 4.74 Å². The number of nitrogens with two attached hydrogens (primary N) is 1. The standard InChI is InChI=1S/C16H22N2OS/c1-11(2)19-15-8-4-7-14(16(15)17)18-12(3)10-13-6-5-9-20-13/h4-9,11-12,18H,10,17H2,1-3H3. The minimum absolute atomic E-state index is 0.121. The highest BCUT2D eigenvalue weighted by molar-refractivity contribution is 7.09. The molecule has 0 amide bonds. The lowest BCUT2D eigenvalue weighted by Gasteiger charge is -2.19. The van der Waals surface area contributed by atoms with Crippen molar-refractivity contribution in [2.45, 2.75) is 39.3 Å². The van der Waals surface area contributed by atoms with Crippen molar-refractivity contribution >= 4 is 22.7 Å². The lowest BCUT2D eigenvalue weighted by Crippen LogP contribution is -2.19. The van der Waals surface area contributed by atoms with Gasteiger partial charge in [0, 0.05) is 17.3 Å². The normalized spacial score (nSPS) is 12.4. The van der Waals surface area contributed by atoms with E-state index in [4.69, 9.17) is 10.5 Å². The Morgan fingerprint density at radius 3 is 2.65 bits per heavy atom. The molecular formula is C16H22N2OS. The van der Waals surface area contributed by atoms with Gasteiger partial charge in [-0.2, -0.15) is 0 Å². The zero-order valence-corrected chi connectivity index (χ0v) is 13.0. The van der Waals surface area contributed by atoms with Crippen molar-refractivity contribution in [2.24, 2.45) is 0 Å². The zero-order valence-electron chi connectivity index (χ0n) is 12.2. The molecular weight excluding hydrogens is 268 g/mol. The van der Waals surface area contributed by atoms with Gasteiger partial charge in [0.25, 0.3) is 0 Å². The Kier molecular flexibility index (Phi) is 4.90. The van der Waals surface area contributed by atoms with E-state index in [1.165, 1.54) is 4.88 Å². The predicted molar refractivity (Wildman–Crippen MR) is 87.7 cm³/mol. The van der Waals surface area contributed by atoms with Crippen LogP contribution in [0.25, 0.3) is 0 Å². The fourth-order valence-corrected chi connectivity index (χ4v) is 2.91. The van der Waals surface area contributed by atoms with Crippen LogP contribution in [-0.2, 0) is 6.42 Å². The molecule has 4 heteroatoms. The third-order valence-electron chi connectivity index (χ3n) is 2.92. The molecule has 0 saturated heterocycles. The number of nitrogens with one attached hydrogen (secondary N) is 1. The number of benzene rings is 1. The molecule has 0 saturated carbocycles. The van der Waals surface area contributed by atoms with Crippen LogP contribution in [0.15, 0.2) is 35.7 Å². The lowest BCUT2D eigenvalue weighted by molar-refractivity contribution is 0.244. The molecule has 0 aliphatic carbocycles. The number of ether oxygens (including phenoxy) is 1. The Morgan fingerprint density at radius 2 is 2.00 bits per heavy atom. The number of anilines is 2. The van der Waals surface area contributed by atoms with E-state index >= 15 is 0 Å². The van der Waals surface area contributed by atoms with Gasteiger partial charge >= 0.3 is 0 Å². The topological polar surface area (TPSA) is 47.3 Å². The molecule has 3 N–H and O–H groups in total. The molecule has 3 nitrogen and oxygen atoms in total. The molecule has 1 aromatic heterocycles. The van der Waals surface area contributed by atoms with Gasteiger partial charge < -0.3 is 15.8 Å². The molecule has 0 bridgehead atoms. The molecule has 1 aromatic carbocycles. The van der Waals surface area contributed by atoms with Crippen LogP contribution in [0.1, 0.15) is 25.6 Å². The Hall–Kier alpha value is -1.68. The SMILES string of the molecule is CC(Cc1cccs1)Nc1cccc(OC(C)C)c1N.